The van der Waals surface area contributed by atoms with Crippen molar-refractivity contribution >= 4 is 33.5 Å². The van der Waals surface area contributed by atoms with Crippen molar-refractivity contribution in [1.82, 2.24) is 10.2 Å². The van der Waals surface area contributed by atoms with Crippen molar-refractivity contribution in [2.75, 3.05) is 18.6 Å². The second kappa shape index (κ2) is 9.38. The van der Waals surface area contributed by atoms with Gasteiger partial charge in [0.25, 0.3) is 5.91 Å². The van der Waals surface area contributed by atoms with Gasteiger partial charge in [-0.1, -0.05) is 28.1 Å². The Kier molecular flexibility index (Phi) is 6.13. The lowest BCUT2D eigenvalue weighted by molar-refractivity contribution is 0.0526. The van der Waals surface area contributed by atoms with E-state index in [1.807, 2.05) is 48.5 Å². The maximum absolute atomic E-state index is 13.6. The van der Waals surface area contributed by atoms with Gasteiger partial charge in [0.1, 0.15) is 11.4 Å². The molecule has 0 fully saturated rings. The summed E-state index contributed by atoms with van der Waals surface area (Å²) in [5.41, 5.74) is 4.86. The minimum absolute atomic E-state index is 0.191. The number of anilines is 1. The van der Waals surface area contributed by atoms with Crippen LogP contribution >= 0.6 is 15.9 Å². The molecular weight excluding hydrogens is 510 g/mol. The van der Waals surface area contributed by atoms with Crippen molar-refractivity contribution in [3.8, 4) is 17.0 Å². The molecule has 3 aromatic carbocycles. The summed E-state index contributed by atoms with van der Waals surface area (Å²) in [5.74, 6) is 0.154. The number of benzene rings is 3. The van der Waals surface area contributed by atoms with Gasteiger partial charge >= 0.3 is 5.97 Å². The molecule has 7 nitrogen and oxygen atoms in total. The van der Waals surface area contributed by atoms with E-state index in [0.717, 1.165) is 26.9 Å². The Bertz CT molecular complexity index is 1380. The number of carbonyl (C=O) groups excluding carboxylic acids is 2. The standard InChI is InChI=1S/C27H22BrN3O4/c1-3-35-27(33)18-6-12-20(13-7-18)31-25(17-4-10-19(28)11-5-17)22-23(29-30-24(22)26(31)32)16-8-14-21(34-2)15-9-16/h4-15,25H,3H2,1-2H3,(H,29,30)/t25-/m0/s1. The lowest BCUT2D eigenvalue weighted by Crippen LogP contribution is -2.29. The molecule has 0 radical (unpaired) electrons. The molecule has 0 bridgehead atoms. The highest BCUT2D eigenvalue weighted by molar-refractivity contribution is 9.10. The first-order valence-corrected chi connectivity index (χ1v) is 11.9. The summed E-state index contributed by atoms with van der Waals surface area (Å²) >= 11 is 3.49. The third kappa shape index (κ3) is 4.10. The summed E-state index contributed by atoms with van der Waals surface area (Å²) in [5, 5.41) is 7.47. The van der Waals surface area contributed by atoms with Gasteiger partial charge in [0.15, 0.2) is 0 Å². The summed E-state index contributed by atoms with van der Waals surface area (Å²) in [4.78, 5) is 27.5. The van der Waals surface area contributed by atoms with Crippen molar-refractivity contribution in [3.05, 3.63) is 99.7 Å². The molecule has 0 saturated carbocycles. The normalized spacial score (nSPS) is 14.7. The molecule has 4 aromatic rings. The number of aromatic amines is 1. The molecule has 176 valence electrons. The van der Waals surface area contributed by atoms with Crippen LogP contribution in [0.4, 0.5) is 5.69 Å². The lowest BCUT2D eigenvalue weighted by atomic mass is 9.96. The number of hydrogen-bond acceptors (Lipinski definition) is 5. The van der Waals surface area contributed by atoms with Crippen molar-refractivity contribution in [2.45, 2.75) is 13.0 Å². The zero-order valence-electron chi connectivity index (χ0n) is 19.1. The van der Waals surface area contributed by atoms with E-state index in [2.05, 4.69) is 26.1 Å². The number of H-pyrrole nitrogens is 1. The zero-order valence-corrected chi connectivity index (χ0v) is 20.7. The van der Waals surface area contributed by atoms with E-state index in [1.165, 1.54) is 0 Å². The molecule has 0 aliphatic carbocycles. The number of methoxy groups -OCH3 is 1. The maximum atomic E-state index is 13.6. The monoisotopic (exact) mass is 531 g/mol. The average molecular weight is 532 g/mol. The first-order valence-electron chi connectivity index (χ1n) is 11.1. The Balaban J connectivity index is 1.62. The van der Waals surface area contributed by atoms with E-state index >= 15 is 0 Å². The molecule has 0 spiro atoms. The number of aromatic nitrogens is 2. The predicted molar refractivity (Wildman–Crippen MR) is 136 cm³/mol. The number of hydrogen-bond donors (Lipinski definition) is 1. The molecule has 1 atom stereocenters. The molecule has 8 heteroatoms. The summed E-state index contributed by atoms with van der Waals surface area (Å²) in [7, 11) is 1.62. The summed E-state index contributed by atoms with van der Waals surface area (Å²) in [6.07, 6.45) is 0. The van der Waals surface area contributed by atoms with Crippen molar-refractivity contribution in [3.63, 3.8) is 0 Å². The predicted octanol–water partition coefficient (Wildman–Crippen LogP) is 5.77. The van der Waals surface area contributed by atoms with Crippen LogP contribution in [0.3, 0.4) is 0 Å². The summed E-state index contributed by atoms with van der Waals surface area (Å²) in [6, 6.07) is 21.9. The average Bonchev–Trinajstić information content (AvgIpc) is 3.44. The van der Waals surface area contributed by atoms with Crippen molar-refractivity contribution in [1.29, 1.82) is 0 Å². The zero-order chi connectivity index (χ0) is 24.5. The lowest BCUT2D eigenvalue weighted by Gasteiger charge is -2.26. The fourth-order valence-corrected chi connectivity index (χ4v) is 4.58. The quantitative estimate of drug-likeness (QED) is 0.319. The van der Waals surface area contributed by atoms with Crippen LogP contribution in [0, 0.1) is 0 Å². The van der Waals surface area contributed by atoms with Crippen LogP contribution in [0.25, 0.3) is 11.3 Å². The van der Waals surface area contributed by atoms with Gasteiger partial charge in [0.2, 0.25) is 0 Å². The van der Waals surface area contributed by atoms with Gasteiger partial charge in [0.05, 0.1) is 31.0 Å². The molecule has 0 unspecified atom stereocenters. The van der Waals surface area contributed by atoms with Gasteiger partial charge in [-0.05, 0) is 73.2 Å². The number of fused-ring (bicyclic) bond motifs is 1. The number of nitrogens with zero attached hydrogens (tertiary/aromatic N) is 2. The highest BCUT2D eigenvalue weighted by atomic mass is 79.9. The highest BCUT2D eigenvalue weighted by Crippen LogP contribution is 2.45. The molecule has 1 aromatic heterocycles. The number of carbonyl (C=O) groups is 2. The third-order valence-corrected chi connectivity index (χ3v) is 6.50. The SMILES string of the molecule is CCOC(=O)c1ccc(N2C(=O)c3[nH]nc(-c4ccc(OC)cc4)c3[C@@H]2c2ccc(Br)cc2)cc1. The first kappa shape index (κ1) is 22.9. The van der Waals surface area contributed by atoms with Gasteiger partial charge < -0.3 is 9.47 Å². The summed E-state index contributed by atoms with van der Waals surface area (Å²) < 4.78 is 11.3. The van der Waals surface area contributed by atoms with E-state index in [4.69, 9.17) is 9.47 Å². The van der Waals surface area contributed by atoms with Gasteiger partial charge in [-0.25, -0.2) is 4.79 Å². The van der Waals surface area contributed by atoms with Crippen LogP contribution in [0.15, 0.2) is 77.3 Å². The van der Waals surface area contributed by atoms with Crippen LogP contribution in [-0.4, -0.2) is 35.8 Å². The Morgan fingerprint density at radius 1 is 1.03 bits per heavy atom. The smallest absolute Gasteiger partial charge is 0.338 e. The Hall–Kier alpha value is -3.91. The minimum atomic E-state index is -0.408. The highest BCUT2D eigenvalue weighted by Gasteiger charge is 2.43. The number of amides is 1. The first-order chi connectivity index (χ1) is 17.0. The van der Waals surface area contributed by atoms with Crippen LogP contribution < -0.4 is 9.64 Å². The number of halogens is 1. The van der Waals surface area contributed by atoms with E-state index in [9.17, 15) is 9.59 Å². The maximum Gasteiger partial charge on any atom is 0.338 e. The third-order valence-electron chi connectivity index (χ3n) is 5.97. The minimum Gasteiger partial charge on any atom is -0.497 e. The molecule has 1 N–H and O–H groups in total. The van der Waals surface area contributed by atoms with Crippen molar-refractivity contribution < 1.29 is 19.1 Å². The second-order valence-corrected chi connectivity index (χ2v) is 8.90. The number of ether oxygens (including phenoxy) is 2. The van der Waals surface area contributed by atoms with E-state index in [-0.39, 0.29) is 5.91 Å². The molecule has 1 aliphatic heterocycles. The van der Waals surface area contributed by atoms with Gasteiger partial charge in [-0.3, -0.25) is 14.8 Å². The van der Waals surface area contributed by atoms with Gasteiger partial charge in [-0.15, -0.1) is 0 Å². The fraction of sp³-hybridized carbons (Fsp3) is 0.148. The van der Waals surface area contributed by atoms with E-state index in [1.54, 1.807) is 43.2 Å². The Labute approximate surface area is 210 Å². The summed E-state index contributed by atoms with van der Waals surface area (Å²) in [6.45, 7) is 2.06. The fourth-order valence-electron chi connectivity index (χ4n) is 4.32. The van der Waals surface area contributed by atoms with Crippen molar-refractivity contribution in [2.24, 2.45) is 0 Å². The second-order valence-electron chi connectivity index (χ2n) is 7.99. The Morgan fingerprint density at radius 3 is 2.34 bits per heavy atom. The molecule has 1 aliphatic rings. The molecule has 5 rings (SSSR count). The molecule has 1 amide bonds. The van der Waals surface area contributed by atoms with Crippen LogP contribution in [0.5, 0.6) is 5.75 Å². The van der Waals surface area contributed by atoms with E-state index < -0.39 is 12.0 Å². The number of rotatable bonds is 6. The van der Waals surface area contributed by atoms with Gasteiger partial charge in [0, 0.05) is 21.3 Å². The number of esters is 1. The van der Waals surface area contributed by atoms with Gasteiger partial charge in [-0.2, -0.15) is 5.10 Å². The molecular formula is C27H22BrN3O4. The molecule has 35 heavy (non-hydrogen) atoms. The van der Waals surface area contributed by atoms with Crippen LogP contribution in [-0.2, 0) is 4.74 Å². The molecule has 2 heterocycles. The number of nitrogens with one attached hydrogen (secondary N) is 1. The largest absolute Gasteiger partial charge is 0.497 e. The van der Waals surface area contributed by atoms with Crippen LogP contribution in [0.2, 0.25) is 0 Å². The van der Waals surface area contributed by atoms with Crippen LogP contribution in [0.1, 0.15) is 44.9 Å². The topological polar surface area (TPSA) is 84.5 Å². The Morgan fingerprint density at radius 2 is 1.71 bits per heavy atom. The van der Waals surface area contributed by atoms with E-state index in [0.29, 0.717) is 29.2 Å². The molecule has 0 saturated heterocycles.